The highest BCUT2D eigenvalue weighted by molar-refractivity contribution is 8.00. The summed E-state index contributed by atoms with van der Waals surface area (Å²) in [5.74, 6) is -3.12. The van der Waals surface area contributed by atoms with Crippen LogP contribution in [-0.4, -0.2) is 73.0 Å². The van der Waals surface area contributed by atoms with Gasteiger partial charge in [0.2, 0.25) is 5.96 Å². The largest absolute Gasteiger partial charge is 0.477 e. The number of amides is 2. The molecule has 1 fully saturated rings. The molecule has 1 saturated heterocycles. The van der Waals surface area contributed by atoms with Crippen LogP contribution >= 0.6 is 23.1 Å². The number of nitrogens with one attached hydrogen (secondary N) is 3. The zero-order valence-corrected chi connectivity index (χ0v) is 16.5. The van der Waals surface area contributed by atoms with E-state index in [1.807, 2.05) is 0 Å². The first-order valence-electron chi connectivity index (χ1n) is 8.03. The first-order valence-corrected chi connectivity index (χ1v) is 9.96. The molecule has 3 heterocycles. The predicted molar refractivity (Wildman–Crippen MR) is 108 cm³/mol. The number of anilines is 1. The van der Waals surface area contributed by atoms with E-state index in [2.05, 4.69) is 26.0 Å². The third kappa shape index (κ3) is 3.90. The van der Waals surface area contributed by atoms with E-state index < -0.39 is 40.9 Å². The molecule has 2 aliphatic rings. The van der Waals surface area contributed by atoms with Crippen molar-refractivity contribution in [2.24, 2.45) is 16.0 Å². The molecule has 16 heteroatoms. The molecule has 14 nitrogen and oxygen atoms in total. The molecule has 1 aromatic heterocycles. The average molecular weight is 453 g/mol. The lowest BCUT2D eigenvalue weighted by Crippen LogP contribution is -2.71. The Kier molecular flexibility index (Phi) is 5.88. The van der Waals surface area contributed by atoms with Gasteiger partial charge in [-0.15, -0.1) is 23.1 Å². The molecular weight excluding hydrogens is 438 g/mol. The van der Waals surface area contributed by atoms with Crippen molar-refractivity contribution >= 4 is 63.9 Å². The van der Waals surface area contributed by atoms with Gasteiger partial charge in [-0.2, -0.15) is 5.10 Å². The van der Waals surface area contributed by atoms with Gasteiger partial charge in [0.1, 0.15) is 22.8 Å². The number of carbonyl (C=O) groups is 3. The lowest BCUT2D eigenvalue weighted by molar-refractivity contribution is -0.150. The highest BCUT2D eigenvalue weighted by Gasteiger charge is 2.54. The van der Waals surface area contributed by atoms with Crippen LogP contribution in [0, 0.1) is 5.41 Å². The number of aliphatic carboxylic acids is 1. The standard InChI is InChI=1S/C14H15N9O5S2/c15-13(16)21-18-1-4-2-29-11-7(10(25)23(11)8(4)12(26)27)20-9(24)6(22-28)5-3-30-14(17)19-5/h1,3,7,11,28H,2H2,(H2,17,19)(H,20,24)(H,26,27)(H4,15,16,21)/b18-1-,22-6?/t7?,11-/m0/s1. The number of thiazole rings is 1. The van der Waals surface area contributed by atoms with Crippen LogP contribution in [0.5, 0.6) is 0 Å². The fourth-order valence-electron chi connectivity index (χ4n) is 2.74. The fourth-order valence-corrected chi connectivity index (χ4v) is 4.59. The quantitative estimate of drug-likeness (QED) is 0.0831. The number of carbonyl (C=O) groups excluding carboxylic acids is 2. The summed E-state index contributed by atoms with van der Waals surface area (Å²) in [6, 6.07) is -1.03. The summed E-state index contributed by atoms with van der Waals surface area (Å²) in [6.07, 6.45) is 1.16. The van der Waals surface area contributed by atoms with Crippen molar-refractivity contribution in [1.29, 1.82) is 5.41 Å². The van der Waals surface area contributed by atoms with Crippen molar-refractivity contribution < 1.29 is 24.7 Å². The van der Waals surface area contributed by atoms with E-state index in [9.17, 15) is 19.5 Å². The Bertz CT molecular complexity index is 1020. The first-order chi connectivity index (χ1) is 14.2. The van der Waals surface area contributed by atoms with E-state index >= 15 is 0 Å². The number of thioether (sulfide) groups is 1. The minimum absolute atomic E-state index is 0.0417. The van der Waals surface area contributed by atoms with Crippen LogP contribution in [0.1, 0.15) is 5.69 Å². The Morgan fingerprint density at radius 1 is 1.47 bits per heavy atom. The molecule has 1 unspecified atom stereocenters. The number of rotatable bonds is 6. The molecule has 3 rings (SSSR count). The van der Waals surface area contributed by atoms with Crippen molar-refractivity contribution in [3.63, 3.8) is 0 Å². The second-order valence-corrected chi connectivity index (χ2v) is 7.84. The van der Waals surface area contributed by atoms with Gasteiger partial charge in [-0.25, -0.2) is 15.2 Å². The Labute approximate surface area is 176 Å². The highest BCUT2D eigenvalue weighted by atomic mass is 32.2. The number of fused-ring (bicyclic) bond motifs is 1. The number of oxime groups is 1. The maximum Gasteiger partial charge on any atom is 0.353 e. The molecule has 9 N–H and O–H groups in total. The molecule has 0 radical (unpaired) electrons. The van der Waals surface area contributed by atoms with E-state index in [0.29, 0.717) is 0 Å². The number of hydrazone groups is 1. The molecule has 2 aliphatic heterocycles. The molecule has 0 aliphatic carbocycles. The zero-order chi connectivity index (χ0) is 22.0. The Morgan fingerprint density at radius 2 is 2.20 bits per heavy atom. The number of carboxylic acid groups (broad SMARTS) is 1. The molecule has 0 aromatic carbocycles. The zero-order valence-electron chi connectivity index (χ0n) is 14.9. The molecule has 2 amide bonds. The van der Waals surface area contributed by atoms with Gasteiger partial charge in [0, 0.05) is 16.7 Å². The lowest BCUT2D eigenvalue weighted by atomic mass is 10.0. The van der Waals surface area contributed by atoms with E-state index in [1.165, 1.54) is 17.1 Å². The summed E-state index contributed by atoms with van der Waals surface area (Å²) in [4.78, 5) is 41.6. The van der Waals surface area contributed by atoms with E-state index in [4.69, 9.17) is 22.1 Å². The van der Waals surface area contributed by atoms with Crippen molar-refractivity contribution in [2.75, 3.05) is 11.5 Å². The number of aromatic nitrogens is 1. The van der Waals surface area contributed by atoms with Crippen molar-refractivity contribution in [1.82, 2.24) is 20.6 Å². The van der Waals surface area contributed by atoms with Crippen molar-refractivity contribution in [2.45, 2.75) is 11.4 Å². The van der Waals surface area contributed by atoms with Crippen LogP contribution in [0.15, 0.2) is 26.9 Å². The van der Waals surface area contributed by atoms with Crippen molar-refractivity contribution in [3.05, 3.63) is 22.3 Å². The smallest absolute Gasteiger partial charge is 0.353 e. The van der Waals surface area contributed by atoms with Gasteiger partial charge in [0.15, 0.2) is 10.8 Å². The number of nitrogens with two attached hydrogens (primary N) is 2. The Hall–Kier alpha value is -3.66. The van der Waals surface area contributed by atoms with Gasteiger partial charge >= 0.3 is 5.97 Å². The maximum atomic E-state index is 12.6. The lowest BCUT2D eigenvalue weighted by Gasteiger charge is -2.49. The second-order valence-electron chi connectivity index (χ2n) is 5.84. The topological polar surface area (TPSA) is 232 Å². The van der Waals surface area contributed by atoms with Gasteiger partial charge in [-0.1, -0.05) is 5.16 Å². The second kappa shape index (κ2) is 8.37. The molecule has 30 heavy (non-hydrogen) atoms. The summed E-state index contributed by atoms with van der Waals surface area (Å²) in [6.45, 7) is 0. The number of β-lactam (4-membered cyclic amide) rings is 1. The first kappa shape index (κ1) is 21.1. The minimum atomic E-state index is -1.35. The number of carboxylic acids is 1. The fraction of sp³-hybridized carbons (Fsp3) is 0.214. The summed E-state index contributed by atoms with van der Waals surface area (Å²) in [7, 11) is 0. The predicted octanol–water partition coefficient (Wildman–Crippen LogP) is -1.89. The molecule has 0 spiro atoms. The van der Waals surface area contributed by atoms with Gasteiger partial charge in [-0.05, 0) is 0 Å². The SMILES string of the molecule is N=C(N)N/N=C\C1=C(C(=O)O)N2C(=O)C(NC(=O)C(=NO)c3csc(N)n3)[C@@H]2SC1. The molecule has 0 bridgehead atoms. The van der Waals surface area contributed by atoms with Crippen LogP contribution in [0.3, 0.4) is 0 Å². The van der Waals surface area contributed by atoms with Crippen LogP contribution < -0.4 is 22.2 Å². The van der Waals surface area contributed by atoms with Gasteiger partial charge in [0.25, 0.3) is 11.8 Å². The van der Waals surface area contributed by atoms with Gasteiger partial charge in [0.05, 0.1) is 6.21 Å². The van der Waals surface area contributed by atoms with Gasteiger partial charge < -0.3 is 27.1 Å². The normalized spacial score (nSPS) is 21.3. The number of hydrogen-bond donors (Lipinski definition) is 7. The summed E-state index contributed by atoms with van der Waals surface area (Å²) in [5, 5.41) is 35.6. The monoisotopic (exact) mass is 453 g/mol. The van der Waals surface area contributed by atoms with Crippen molar-refractivity contribution in [3.8, 4) is 0 Å². The molecule has 2 atom stereocenters. The average Bonchev–Trinajstić information content (AvgIpc) is 3.11. The van der Waals surface area contributed by atoms with E-state index in [0.717, 1.165) is 22.5 Å². The molecule has 0 saturated carbocycles. The number of nitrogens with zero attached hydrogens (tertiary/aromatic N) is 4. The Balaban J connectivity index is 1.77. The van der Waals surface area contributed by atoms with Crippen LogP contribution in [0.4, 0.5) is 5.13 Å². The maximum absolute atomic E-state index is 12.6. The third-order valence-corrected chi connectivity index (χ3v) is 5.95. The number of nitrogen functional groups attached to an aromatic ring is 1. The molecule has 1 aromatic rings. The summed E-state index contributed by atoms with van der Waals surface area (Å²) >= 11 is 2.24. The Morgan fingerprint density at radius 3 is 2.77 bits per heavy atom. The van der Waals surface area contributed by atoms with Crippen LogP contribution in [0.2, 0.25) is 0 Å². The number of hydrogen-bond acceptors (Lipinski definition) is 11. The van der Waals surface area contributed by atoms with E-state index in [1.54, 1.807) is 0 Å². The van der Waals surface area contributed by atoms with Gasteiger partial charge in [-0.3, -0.25) is 19.9 Å². The van der Waals surface area contributed by atoms with E-state index in [-0.39, 0.29) is 27.8 Å². The van der Waals surface area contributed by atoms with Crippen LogP contribution in [-0.2, 0) is 14.4 Å². The third-order valence-electron chi connectivity index (χ3n) is 3.97. The molecule has 158 valence electrons. The van der Waals surface area contributed by atoms with Crippen LogP contribution in [0.25, 0.3) is 0 Å². The number of guanidine groups is 1. The summed E-state index contributed by atoms with van der Waals surface area (Å²) in [5.41, 5.74) is 12.3. The minimum Gasteiger partial charge on any atom is -0.477 e. The summed E-state index contributed by atoms with van der Waals surface area (Å²) < 4.78 is 0. The highest BCUT2D eigenvalue weighted by Crippen LogP contribution is 2.39. The molecular formula is C14H15N9O5S2.